The van der Waals surface area contributed by atoms with Crippen LogP contribution in [0.4, 0.5) is 5.82 Å². The number of carbonyl (C=O) groups excluding carboxylic acids is 2. The van der Waals surface area contributed by atoms with Gasteiger partial charge in [-0.1, -0.05) is 19.3 Å². The lowest BCUT2D eigenvalue weighted by Crippen LogP contribution is -2.59. The predicted octanol–water partition coefficient (Wildman–Crippen LogP) is 2.47. The second kappa shape index (κ2) is 12.5. The average molecular weight is 461 g/mol. The van der Waals surface area contributed by atoms with Crippen LogP contribution in [-0.4, -0.2) is 73.9 Å². The topological polar surface area (TPSA) is 105 Å². The zero-order valence-electron chi connectivity index (χ0n) is 20.2. The molecule has 3 aliphatic rings. The third kappa shape index (κ3) is 7.69. The molecule has 1 saturated carbocycles. The quantitative estimate of drug-likeness (QED) is 0.617. The molecule has 1 atom stereocenters. The van der Waals surface area contributed by atoms with Gasteiger partial charge in [0.2, 0.25) is 5.91 Å². The van der Waals surface area contributed by atoms with Crippen LogP contribution in [0.3, 0.4) is 0 Å². The van der Waals surface area contributed by atoms with Gasteiger partial charge in [-0.25, -0.2) is 15.0 Å². The van der Waals surface area contributed by atoms with E-state index < -0.39 is 12.0 Å². The van der Waals surface area contributed by atoms with Crippen molar-refractivity contribution < 1.29 is 23.8 Å². The number of fused-ring (bicyclic) bond motifs is 1. The summed E-state index contributed by atoms with van der Waals surface area (Å²) in [6.07, 6.45) is 7.41. The molecule has 4 rings (SSSR count). The van der Waals surface area contributed by atoms with Gasteiger partial charge >= 0.3 is 5.97 Å². The van der Waals surface area contributed by atoms with E-state index >= 15 is 0 Å². The van der Waals surface area contributed by atoms with Crippen LogP contribution in [0.5, 0.6) is 0 Å². The van der Waals surface area contributed by atoms with Gasteiger partial charge in [-0.05, 0) is 31.0 Å². The molecule has 1 amide bonds. The lowest BCUT2D eigenvalue weighted by atomic mass is 9.93. The van der Waals surface area contributed by atoms with Crippen LogP contribution >= 0.6 is 0 Å². The van der Waals surface area contributed by atoms with Gasteiger partial charge < -0.3 is 24.0 Å². The fraction of sp³-hybridized carbons (Fsp3) is 0.667. The Morgan fingerprint density at radius 3 is 2.52 bits per heavy atom. The lowest BCUT2D eigenvalue weighted by molar-refractivity contribution is -0.153. The highest BCUT2D eigenvalue weighted by molar-refractivity contribution is 5.85. The molecule has 0 radical (unpaired) electrons. The van der Waals surface area contributed by atoms with Gasteiger partial charge in [0.25, 0.3) is 0 Å². The molecule has 0 bridgehead atoms. The second-order valence-corrected chi connectivity index (χ2v) is 8.91. The summed E-state index contributed by atoms with van der Waals surface area (Å²) in [7, 11) is 2.90. The number of amides is 1. The Labute approximate surface area is 196 Å². The Morgan fingerprint density at radius 2 is 1.91 bits per heavy atom. The number of nitrogens with zero attached hydrogens (tertiary/aromatic N) is 4. The van der Waals surface area contributed by atoms with Gasteiger partial charge in [-0.2, -0.15) is 0 Å². The number of esters is 1. The molecule has 1 saturated heterocycles. The molecule has 3 heterocycles. The summed E-state index contributed by atoms with van der Waals surface area (Å²) in [6, 6.07) is 1.43. The number of pyridine rings is 1. The van der Waals surface area contributed by atoms with Crippen LogP contribution in [0.2, 0.25) is 0 Å². The van der Waals surface area contributed by atoms with Crippen molar-refractivity contribution in [3.05, 3.63) is 23.4 Å². The highest BCUT2D eigenvalue weighted by atomic mass is 16.5. The summed E-state index contributed by atoms with van der Waals surface area (Å²) in [5.41, 5.74) is 2.11. The highest BCUT2D eigenvalue weighted by Gasteiger charge is 2.36. The number of ether oxygens (including phenoxy) is 3. The van der Waals surface area contributed by atoms with E-state index in [-0.39, 0.29) is 17.9 Å². The number of piperazine rings is 1. The Morgan fingerprint density at radius 1 is 1.21 bits per heavy atom. The summed E-state index contributed by atoms with van der Waals surface area (Å²) in [5.74, 6) is 0.298. The van der Waals surface area contributed by atoms with E-state index in [4.69, 9.17) is 19.5 Å². The van der Waals surface area contributed by atoms with Crippen LogP contribution in [0.25, 0.3) is 0 Å². The number of rotatable bonds is 5. The maximum absolute atomic E-state index is 12.5. The molecule has 2 fully saturated rings. The van der Waals surface area contributed by atoms with Crippen LogP contribution < -0.4 is 4.90 Å². The number of aromatic nitrogens is 1. The van der Waals surface area contributed by atoms with Crippen LogP contribution in [-0.2, 0) is 36.8 Å². The third-order valence-corrected chi connectivity index (χ3v) is 5.67. The first-order valence-electron chi connectivity index (χ1n) is 11.3. The molecule has 33 heavy (non-hydrogen) atoms. The Hall–Kier alpha value is -2.70. The molecule has 1 aromatic rings. The first-order chi connectivity index (χ1) is 15.8. The first kappa shape index (κ1) is 26.6. The summed E-state index contributed by atoms with van der Waals surface area (Å²) >= 11 is 0. The minimum atomic E-state index is -0.652. The van der Waals surface area contributed by atoms with Gasteiger partial charge in [-0.3, -0.25) is 4.79 Å². The number of hydrogen-bond donors (Lipinski definition) is 0. The molecule has 9 nitrogen and oxygen atoms in total. The molecule has 1 aliphatic carbocycles. The van der Waals surface area contributed by atoms with Gasteiger partial charge in [0.05, 0.1) is 38.9 Å². The van der Waals surface area contributed by atoms with Crippen molar-refractivity contribution in [1.82, 2.24) is 9.88 Å². The molecule has 1 aromatic heterocycles. The summed E-state index contributed by atoms with van der Waals surface area (Å²) in [4.78, 5) is 33.0. The number of anilines is 1. The van der Waals surface area contributed by atoms with Crippen molar-refractivity contribution in [3.63, 3.8) is 0 Å². The number of methoxy groups -OCH3 is 2. The predicted molar refractivity (Wildman–Crippen MR) is 124 cm³/mol. The molecule has 9 heteroatoms. The fourth-order valence-corrected chi connectivity index (χ4v) is 3.72. The van der Waals surface area contributed by atoms with E-state index in [2.05, 4.69) is 31.5 Å². The summed E-state index contributed by atoms with van der Waals surface area (Å²) < 4.78 is 15.8. The highest BCUT2D eigenvalue weighted by Crippen LogP contribution is 2.30. The molecule has 2 aliphatic heterocycles. The van der Waals surface area contributed by atoms with E-state index in [1.54, 1.807) is 12.0 Å². The third-order valence-electron chi connectivity index (χ3n) is 5.67. The van der Waals surface area contributed by atoms with E-state index in [9.17, 15) is 9.59 Å². The van der Waals surface area contributed by atoms with Gasteiger partial charge in [0.15, 0.2) is 0 Å². The van der Waals surface area contributed by atoms with Gasteiger partial charge in [-0.15, -0.1) is 0 Å². The molecule has 0 N–H and O–H groups in total. The minimum Gasteiger partial charge on any atom is -0.467 e. The minimum absolute atomic E-state index is 0.103. The molecule has 0 spiro atoms. The Kier molecular flexibility index (Phi) is 10.1. The smallest absolute Gasteiger partial charge is 0.330 e. The zero-order valence-corrected chi connectivity index (χ0v) is 20.2. The van der Waals surface area contributed by atoms with Crippen LogP contribution in [0, 0.1) is 11.8 Å². The molecular formula is C24H36N4O5. The van der Waals surface area contributed by atoms with Crippen molar-refractivity contribution in [1.29, 1.82) is 5.26 Å². The Balaban J connectivity index is 0.000000695. The second-order valence-electron chi connectivity index (χ2n) is 8.91. The average Bonchev–Trinajstić information content (AvgIpc) is 3.71. The van der Waals surface area contributed by atoms with Crippen molar-refractivity contribution in [2.75, 3.05) is 45.4 Å². The number of hydrogen-bond acceptors (Lipinski definition) is 8. The van der Waals surface area contributed by atoms with E-state index in [0.29, 0.717) is 32.8 Å². The normalized spacial score (nSPS) is 20.2. The summed E-state index contributed by atoms with van der Waals surface area (Å²) in [5, 5.41) is 6.50. The molecular weight excluding hydrogens is 424 g/mol. The molecule has 1 unspecified atom stereocenters. The first-order valence-corrected chi connectivity index (χ1v) is 11.3. The SMILES string of the molecule is C#N.C1CC1.COCCC(=O)N1CCN(c2cc3c(cn2)COC(C)(C)C3)CC1C(=O)OC. The maximum atomic E-state index is 12.5. The van der Waals surface area contributed by atoms with Gasteiger partial charge in [0, 0.05) is 39.4 Å². The largest absolute Gasteiger partial charge is 0.467 e. The summed E-state index contributed by atoms with van der Waals surface area (Å²) in [6.45, 7) is 9.95. The number of nitriles is 1. The maximum Gasteiger partial charge on any atom is 0.330 e. The molecule has 0 aromatic carbocycles. The molecule has 182 valence electrons. The monoisotopic (exact) mass is 460 g/mol. The van der Waals surface area contributed by atoms with Crippen molar-refractivity contribution in [3.8, 4) is 6.57 Å². The van der Waals surface area contributed by atoms with Crippen molar-refractivity contribution in [2.45, 2.75) is 64.2 Å². The van der Waals surface area contributed by atoms with Crippen LogP contribution in [0.15, 0.2) is 12.3 Å². The fourth-order valence-electron chi connectivity index (χ4n) is 3.72. The lowest BCUT2D eigenvalue weighted by Gasteiger charge is -2.41. The van der Waals surface area contributed by atoms with Crippen molar-refractivity contribution >= 4 is 17.7 Å². The number of carbonyl (C=O) groups is 2. The van der Waals surface area contributed by atoms with Crippen LogP contribution in [0.1, 0.15) is 50.7 Å². The van der Waals surface area contributed by atoms with Gasteiger partial charge in [0.1, 0.15) is 11.9 Å². The van der Waals surface area contributed by atoms with E-state index in [0.717, 1.165) is 17.8 Å². The Bertz CT molecular complexity index is 822. The van der Waals surface area contributed by atoms with Crippen molar-refractivity contribution in [2.24, 2.45) is 0 Å². The van der Waals surface area contributed by atoms with E-state index in [1.165, 1.54) is 31.9 Å². The van der Waals surface area contributed by atoms with E-state index in [1.807, 2.05) is 11.1 Å². The zero-order chi connectivity index (χ0) is 24.4. The standard InChI is InChI=1S/C20H29N3O5.C3H6.CHN/c1-20(2)10-14-9-17(21-11-15(14)13-28-20)22-6-7-23(18(24)5-8-26-3)16(12-22)19(25)27-4;1-2-3-1;1-2/h9,11,16H,5-8,10,12-13H2,1-4H3;1-3H2;1H.